The summed E-state index contributed by atoms with van der Waals surface area (Å²) in [4.78, 5) is 20.8. The standard InChI is InChI=1S/C11H15N3O2/c15-11(16)9-7-13-10(8-12-9)14-5-3-1-2-4-6-14/h7-8H,1-6H2,(H,15,16). The second-order valence-corrected chi connectivity index (χ2v) is 3.97. The zero-order chi connectivity index (χ0) is 11.4. The summed E-state index contributed by atoms with van der Waals surface area (Å²) in [6.07, 6.45) is 7.73. The quantitative estimate of drug-likeness (QED) is 0.820. The van der Waals surface area contributed by atoms with Gasteiger partial charge in [0.15, 0.2) is 5.69 Å². The van der Waals surface area contributed by atoms with E-state index in [1.54, 1.807) is 6.20 Å². The summed E-state index contributed by atoms with van der Waals surface area (Å²) in [5, 5.41) is 8.71. The Kier molecular flexibility index (Phi) is 3.34. The van der Waals surface area contributed by atoms with Crippen molar-refractivity contribution in [1.82, 2.24) is 9.97 Å². The summed E-state index contributed by atoms with van der Waals surface area (Å²) in [7, 11) is 0. The van der Waals surface area contributed by atoms with Crippen molar-refractivity contribution in [3.8, 4) is 0 Å². The van der Waals surface area contributed by atoms with Crippen molar-refractivity contribution in [2.45, 2.75) is 25.7 Å². The smallest absolute Gasteiger partial charge is 0.356 e. The van der Waals surface area contributed by atoms with Gasteiger partial charge < -0.3 is 10.0 Å². The van der Waals surface area contributed by atoms with E-state index in [9.17, 15) is 4.79 Å². The first-order valence-electron chi connectivity index (χ1n) is 5.57. The van der Waals surface area contributed by atoms with Crippen LogP contribution in [0.4, 0.5) is 5.82 Å². The topological polar surface area (TPSA) is 66.3 Å². The number of carboxylic acid groups (broad SMARTS) is 1. The Labute approximate surface area is 94.1 Å². The largest absolute Gasteiger partial charge is 0.476 e. The van der Waals surface area contributed by atoms with E-state index in [-0.39, 0.29) is 5.69 Å². The number of nitrogens with zero attached hydrogens (tertiary/aromatic N) is 3. The molecule has 0 spiro atoms. The molecular weight excluding hydrogens is 206 g/mol. The second kappa shape index (κ2) is 4.92. The Bertz CT molecular complexity index is 356. The monoisotopic (exact) mass is 221 g/mol. The predicted octanol–water partition coefficient (Wildman–Crippen LogP) is 1.56. The highest BCUT2D eigenvalue weighted by Gasteiger charge is 2.12. The third-order valence-electron chi connectivity index (χ3n) is 2.79. The van der Waals surface area contributed by atoms with Gasteiger partial charge >= 0.3 is 5.97 Å². The predicted molar refractivity (Wildman–Crippen MR) is 59.7 cm³/mol. The van der Waals surface area contributed by atoms with Gasteiger partial charge in [0.2, 0.25) is 0 Å². The lowest BCUT2D eigenvalue weighted by molar-refractivity contribution is 0.0690. The molecule has 1 fully saturated rings. The van der Waals surface area contributed by atoms with Gasteiger partial charge in [-0.3, -0.25) is 0 Å². The highest BCUT2D eigenvalue weighted by atomic mass is 16.4. The molecule has 1 aliphatic rings. The number of carboxylic acids is 1. The molecule has 0 aromatic carbocycles. The lowest BCUT2D eigenvalue weighted by Gasteiger charge is -2.20. The fraction of sp³-hybridized carbons (Fsp3) is 0.545. The van der Waals surface area contributed by atoms with E-state index >= 15 is 0 Å². The van der Waals surface area contributed by atoms with Crippen LogP contribution in [-0.2, 0) is 0 Å². The fourth-order valence-electron chi connectivity index (χ4n) is 1.89. The van der Waals surface area contributed by atoms with Crippen molar-refractivity contribution in [2.24, 2.45) is 0 Å². The molecule has 5 heteroatoms. The Morgan fingerprint density at radius 1 is 1.12 bits per heavy atom. The SMILES string of the molecule is O=C(O)c1cnc(N2CCCCCC2)cn1. The van der Waals surface area contributed by atoms with Crippen LogP contribution in [0.3, 0.4) is 0 Å². The van der Waals surface area contributed by atoms with Crippen LogP contribution in [0.1, 0.15) is 36.2 Å². The van der Waals surface area contributed by atoms with Gasteiger partial charge in [-0.15, -0.1) is 0 Å². The molecule has 0 unspecified atom stereocenters. The van der Waals surface area contributed by atoms with Crippen molar-refractivity contribution >= 4 is 11.8 Å². The number of aromatic carboxylic acids is 1. The number of hydrogen-bond acceptors (Lipinski definition) is 4. The van der Waals surface area contributed by atoms with Crippen molar-refractivity contribution in [3.05, 3.63) is 18.1 Å². The molecule has 0 saturated carbocycles. The average Bonchev–Trinajstić information content (AvgIpc) is 2.57. The minimum absolute atomic E-state index is 0.00132. The molecule has 1 aromatic rings. The molecule has 1 aromatic heterocycles. The maximum absolute atomic E-state index is 10.6. The van der Waals surface area contributed by atoms with E-state index in [1.807, 2.05) is 0 Å². The van der Waals surface area contributed by atoms with Crippen molar-refractivity contribution in [2.75, 3.05) is 18.0 Å². The zero-order valence-corrected chi connectivity index (χ0v) is 9.09. The molecule has 2 heterocycles. The summed E-state index contributed by atoms with van der Waals surface area (Å²) in [6, 6.07) is 0. The minimum Gasteiger partial charge on any atom is -0.476 e. The molecule has 16 heavy (non-hydrogen) atoms. The molecule has 0 atom stereocenters. The summed E-state index contributed by atoms with van der Waals surface area (Å²) >= 11 is 0. The molecular formula is C11H15N3O2. The van der Waals surface area contributed by atoms with Crippen LogP contribution in [-0.4, -0.2) is 34.1 Å². The van der Waals surface area contributed by atoms with Gasteiger partial charge in [0.1, 0.15) is 5.82 Å². The number of rotatable bonds is 2. The molecule has 1 saturated heterocycles. The lowest BCUT2D eigenvalue weighted by Crippen LogP contribution is -2.25. The first kappa shape index (κ1) is 10.9. The Balaban J connectivity index is 2.10. The van der Waals surface area contributed by atoms with E-state index in [0.717, 1.165) is 18.9 Å². The van der Waals surface area contributed by atoms with Crippen molar-refractivity contribution in [1.29, 1.82) is 0 Å². The van der Waals surface area contributed by atoms with Crippen LogP contribution in [0.5, 0.6) is 0 Å². The minimum atomic E-state index is -1.03. The average molecular weight is 221 g/mol. The van der Waals surface area contributed by atoms with Crippen LogP contribution in [0.25, 0.3) is 0 Å². The van der Waals surface area contributed by atoms with Crippen LogP contribution in [0, 0.1) is 0 Å². The number of anilines is 1. The highest BCUT2D eigenvalue weighted by molar-refractivity contribution is 5.84. The number of carbonyl (C=O) groups is 1. The Morgan fingerprint density at radius 3 is 2.31 bits per heavy atom. The Hall–Kier alpha value is -1.65. The third kappa shape index (κ3) is 2.48. The van der Waals surface area contributed by atoms with Gasteiger partial charge in [-0.05, 0) is 12.8 Å². The fourth-order valence-corrected chi connectivity index (χ4v) is 1.89. The van der Waals surface area contributed by atoms with E-state index in [2.05, 4.69) is 14.9 Å². The molecule has 86 valence electrons. The summed E-state index contributed by atoms with van der Waals surface area (Å²) in [6.45, 7) is 1.97. The van der Waals surface area contributed by atoms with Gasteiger partial charge in [0.05, 0.1) is 12.4 Å². The van der Waals surface area contributed by atoms with Crippen LogP contribution >= 0.6 is 0 Å². The van der Waals surface area contributed by atoms with Crippen LogP contribution in [0.2, 0.25) is 0 Å². The maximum atomic E-state index is 10.6. The molecule has 1 N–H and O–H groups in total. The normalized spacial score (nSPS) is 16.9. The molecule has 1 aliphatic heterocycles. The summed E-state index contributed by atoms with van der Waals surface area (Å²) in [5.41, 5.74) is -0.00132. The van der Waals surface area contributed by atoms with Crippen LogP contribution < -0.4 is 4.90 Å². The Morgan fingerprint density at radius 2 is 1.81 bits per heavy atom. The molecule has 0 radical (unpaired) electrons. The third-order valence-corrected chi connectivity index (χ3v) is 2.79. The first-order chi connectivity index (χ1) is 7.77. The first-order valence-corrected chi connectivity index (χ1v) is 5.57. The van der Waals surface area contributed by atoms with Gasteiger partial charge in [-0.2, -0.15) is 0 Å². The van der Waals surface area contributed by atoms with E-state index in [4.69, 9.17) is 5.11 Å². The van der Waals surface area contributed by atoms with Crippen molar-refractivity contribution in [3.63, 3.8) is 0 Å². The van der Waals surface area contributed by atoms with Gasteiger partial charge in [0, 0.05) is 13.1 Å². The van der Waals surface area contributed by atoms with E-state index in [1.165, 1.54) is 31.9 Å². The lowest BCUT2D eigenvalue weighted by atomic mass is 10.2. The zero-order valence-electron chi connectivity index (χ0n) is 9.09. The highest BCUT2D eigenvalue weighted by Crippen LogP contribution is 2.16. The molecule has 0 amide bonds. The second-order valence-electron chi connectivity index (χ2n) is 3.97. The van der Waals surface area contributed by atoms with Crippen molar-refractivity contribution < 1.29 is 9.90 Å². The summed E-state index contributed by atoms with van der Waals surface area (Å²) in [5.74, 6) is -0.248. The van der Waals surface area contributed by atoms with Crippen LogP contribution in [0.15, 0.2) is 12.4 Å². The summed E-state index contributed by atoms with van der Waals surface area (Å²) < 4.78 is 0. The maximum Gasteiger partial charge on any atom is 0.356 e. The van der Waals surface area contributed by atoms with Gasteiger partial charge in [-0.1, -0.05) is 12.8 Å². The van der Waals surface area contributed by atoms with E-state index < -0.39 is 5.97 Å². The number of hydrogen-bond donors (Lipinski definition) is 1. The number of aromatic nitrogens is 2. The molecule has 0 aliphatic carbocycles. The van der Waals surface area contributed by atoms with E-state index in [0.29, 0.717) is 0 Å². The molecule has 5 nitrogen and oxygen atoms in total. The molecule has 2 rings (SSSR count). The molecule has 0 bridgehead atoms. The van der Waals surface area contributed by atoms with Gasteiger partial charge in [0.25, 0.3) is 0 Å². The van der Waals surface area contributed by atoms with Gasteiger partial charge in [-0.25, -0.2) is 14.8 Å².